The highest BCUT2D eigenvalue weighted by molar-refractivity contribution is 5.76. The molecule has 2 heterocycles. The molecule has 6 nitrogen and oxygen atoms in total. The second-order valence-electron chi connectivity index (χ2n) is 6.37. The highest BCUT2D eigenvalue weighted by Crippen LogP contribution is 2.20. The van der Waals surface area contributed by atoms with Crippen LogP contribution >= 0.6 is 0 Å². The lowest BCUT2D eigenvalue weighted by Gasteiger charge is -2.36. The van der Waals surface area contributed by atoms with Gasteiger partial charge < -0.3 is 15.0 Å². The van der Waals surface area contributed by atoms with E-state index in [2.05, 4.69) is 32.2 Å². The molecule has 0 atom stereocenters. The fraction of sp³-hybridized carbons (Fsp3) is 0.400. The summed E-state index contributed by atoms with van der Waals surface area (Å²) in [7, 11) is 1.68. The van der Waals surface area contributed by atoms with Crippen LogP contribution in [0.25, 0.3) is 0 Å². The van der Waals surface area contributed by atoms with Gasteiger partial charge in [0.15, 0.2) is 0 Å². The summed E-state index contributed by atoms with van der Waals surface area (Å²) in [6.07, 6.45) is 2.26. The monoisotopic (exact) mass is 354 g/mol. The summed E-state index contributed by atoms with van der Waals surface area (Å²) in [4.78, 5) is 20.9. The van der Waals surface area contributed by atoms with E-state index >= 15 is 0 Å². The first-order valence-corrected chi connectivity index (χ1v) is 9.02. The van der Waals surface area contributed by atoms with Gasteiger partial charge >= 0.3 is 0 Å². The summed E-state index contributed by atoms with van der Waals surface area (Å²) in [6.45, 7) is 5.18. The van der Waals surface area contributed by atoms with Gasteiger partial charge in [-0.25, -0.2) is 0 Å². The lowest BCUT2D eigenvalue weighted by molar-refractivity contribution is -0.121. The molecule has 0 unspecified atom stereocenters. The second-order valence-corrected chi connectivity index (χ2v) is 6.37. The van der Waals surface area contributed by atoms with Crippen LogP contribution in [-0.2, 0) is 11.3 Å². The van der Waals surface area contributed by atoms with Crippen molar-refractivity contribution in [2.24, 2.45) is 0 Å². The molecule has 0 radical (unpaired) electrons. The van der Waals surface area contributed by atoms with Crippen LogP contribution in [0.4, 0.5) is 5.69 Å². The third kappa shape index (κ3) is 5.20. The van der Waals surface area contributed by atoms with Crippen LogP contribution in [0.15, 0.2) is 48.7 Å². The molecule has 6 heteroatoms. The highest BCUT2D eigenvalue weighted by Gasteiger charge is 2.17. The Balaban J connectivity index is 1.36. The molecule has 0 spiro atoms. The topological polar surface area (TPSA) is 57.7 Å². The van der Waals surface area contributed by atoms with Gasteiger partial charge in [-0.15, -0.1) is 0 Å². The van der Waals surface area contributed by atoms with Crippen molar-refractivity contribution in [2.75, 3.05) is 44.7 Å². The Hall–Kier alpha value is -2.60. The van der Waals surface area contributed by atoms with Crippen LogP contribution in [0, 0.1) is 0 Å². The van der Waals surface area contributed by atoms with E-state index in [4.69, 9.17) is 4.74 Å². The number of nitrogens with zero attached hydrogens (tertiary/aromatic N) is 3. The number of hydrogen-bond donors (Lipinski definition) is 1. The maximum atomic E-state index is 12.0. The first-order chi connectivity index (χ1) is 12.7. The molecule has 1 aromatic heterocycles. The first kappa shape index (κ1) is 18.2. The van der Waals surface area contributed by atoms with E-state index in [1.807, 2.05) is 30.3 Å². The van der Waals surface area contributed by atoms with Gasteiger partial charge in [-0.1, -0.05) is 6.07 Å². The average Bonchev–Trinajstić information content (AvgIpc) is 2.72. The summed E-state index contributed by atoms with van der Waals surface area (Å²) >= 11 is 0. The standard InChI is InChI=1S/C20H26N4O2/c1-26-19-7-5-18(6-8-19)24-14-12-23(13-15-24)11-9-20(25)22-16-17-4-2-3-10-21-17/h2-8,10H,9,11-16H2,1H3,(H,22,25). The fourth-order valence-corrected chi connectivity index (χ4v) is 3.06. The summed E-state index contributed by atoms with van der Waals surface area (Å²) in [5, 5.41) is 2.93. The van der Waals surface area contributed by atoms with Crippen molar-refractivity contribution in [3.05, 3.63) is 54.4 Å². The quantitative estimate of drug-likeness (QED) is 0.823. The molecule has 1 amide bonds. The Labute approximate surface area is 154 Å². The number of anilines is 1. The van der Waals surface area contributed by atoms with E-state index < -0.39 is 0 Å². The molecule has 1 aliphatic heterocycles. The van der Waals surface area contributed by atoms with Crippen LogP contribution in [0.1, 0.15) is 12.1 Å². The van der Waals surface area contributed by atoms with Crippen molar-refractivity contribution in [3.8, 4) is 5.75 Å². The van der Waals surface area contributed by atoms with E-state index in [9.17, 15) is 4.79 Å². The molecule has 0 aliphatic carbocycles. The zero-order valence-electron chi connectivity index (χ0n) is 15.2. The van der Waals surface area contributed by atoms with Gasteiger partial charge in [0.25, 0.3) is 0 Å². The highest BCUT2D eigenvalue weighted by atomic mass is 16.5. The lowest BCUT2D eigenvalue weighted by atomic mass is 10.2. The Bertz CT molecular complexity index is 683. The van der Waals surface area contributed by atoms with E-state index in [1.54, 1.807) is 13.3 Å². The smallest absolute Gasteiger partial charge is 0.221 e. The number of aromatic nitrogens is 1. The Morgan fingerprint density at radius 2 is 1.88 bits per heavy atom. The number of carbonyl (C=O) groups is 1. The molecular formula is C20H26N4O2. The molecule has 1 N–H and O–H groups in total. The van der Waals surface area contributed by atoms with Gasteiger partial charge in [0.2, 0.25) is 5.91 Å². The summed E-state index contributed by atoms with van der Waals surface area (Å²) in [5.74, 6) is 0.956. The van der Waals surface area contributed by atoms with Gasteiger partial charge in [0.1, 0.15) is 5.75 Å². The number of benzene rings is 1. The maximum Gasteiger partial charge on any atom is 0.221 e. The van der Waals surface area contributed by atoms with Gasteiger partial charge in [-0.2, -0.15) is 0 Å². The molecular weight excluding hydrogens is 328 g/mol. The van der Waals surface area contributed by atoms with Crippen molar-refractivity contribution in [1.29, 1.82) is 0 Å². The Kier molecular flexibility index (Phi) is 6.44. The molecule has 2 aromatic rings. The largest absolute Gasteiger partial charge is 0.497 e. The van der Waals surface area contributed by atoms with E-state index in [0.29, 0.717) is 13.0 Å². The lowest BCUT2D eigenvalue weighted by Crippen LogP contribution is -2.47. The molecule has 0 bridgehead atoms. The van der Waals surface area contributed by atoms with Crippen LogP contribution in [0.5, 0.6) is 5.75 Å². The number of ether oxygens (including phenoxy) is 1. The third-order valence-corrected chi connectivity index (χ3v) is 4.66. The van der Waals surface area contributed by atoms with Gasteiger partial charge in [-0.3, -0.25) is 14.7 Å². The molecule has 1 saturated heterocycles. The fourth-order valence-electron chi connectivity index (χ4n) is 3.06. The summed E-state index contributed by atoms with van der Waals surface area (Å²) < 4.78 is 5.21. The molecule has 3 rings (SSSR count). The molecule has 138 valence electrons. The van der Waals surface area contributed by atoms with Crippen LogP contribution in [0.2, 0.25) is 0 Å². The zero-order chi connectivity index (χ0) is 18.2. The minimum Gasteiger partial charge on any atom is -0.497 e. The number of piperazine rings is 1. The number of methoxy groups -OCH3 is 1. The number of hydrogen-bond acceptors (Lipinski definition) is 5. The molecule has 0 saturated carbocycles. The number of rotatable bonds is 7. The SMILES string of the molecule is COc1ccc(N2CCN(CCC(=O)NCc3ccccn3)CC2)cc1. The van der Waals surface area contributed by atoms with E-state index in [-0.39, 0.29) is 5.91 Å². The van der Waals surface area contributed by atoms with E-state index in [0.717, 1.165) is 44.2 Å². The van der Waals surface area contributed by atoms with Gasteiger partial charge in [-0.05, 0) is 36.4 Å². The van der Waals surface area contributed by atoms with Crippen molar-refractivity contribution in [2.45, 2.75) is 13.0 Å². The van der Waals surface area contributed by atoms with E-state index in [1.165, 1.54) is 5.69 Å². The normalized spacial score (nSPS) is 14.9. The number of pyridine rings is 1. The third-order valence-electron chi connectivity index (χ3n) is 4.66. The minimum absolute atomic E-state index is 0.0771. The molecule has 1 aromatic carbocycles. The zero-order valence-corrected chi connectivity index (χ0v) is 15.2. The van der Waals surface area contributed by atoms with Gasteiger partial charge in [0, 0.05) is 51.0 Å². The van der Waals surface area contributed by atoms with Crippen molar-refractivity contribution in [3.63, 3.8) is 0 Å². The number of nitrogens with one attached hydrogen (secondary N) is 1. The van der Waals surface area contributed by atoms with Crippen LogP contribution < -0.4 is 15.0 Å². The van der Waals surface area contributed by atoms with Crippen molar-refractivity contribution < 1.29 is 9.53 Å². The Morgan fingerprint density at radius 1 is 1.12 bits per heavy atom. The second kappa shape index (κ2) is 9.20. The first-order valence-electron chi connectivity index (χ1n) is 9.02. The summed E-state index contributed by atoms with van der Waals surface area (Å²) in [6, 6.07) is 13.9. The maximum absolute atomic E-state index is 12.0. The summed E-state index contributed by atoms with van der Waals surface area (Å²) in [5.41, 5.74) is 2.10. The molecule has 26 heavy (non-hydrogen) atoms. The average molecular weight is 354 g/mol. The predicted molar refractivity (Wildman–Crippen MR) is 102 cm³/mol. The van der Waals surface area contributed by atoms with Crippen molar-refractivity contribution >= 4 is 11.6 Å². The van der Waals surface area contributed by atoms with Gasteiger partial charge in [0.05, 0.1) is 19.3 Å². The Morgan fingerprint density at radius 3 is 2.54 bits per heavy atom. The molecule has 1 fully saturated rings. The van der Waals surface area contributed by atoms with Crippen molar-refractivity contribution in [1.82, 2.24) is 15.2 Å². The predicted octanol–water partition coefficient (Wildman–Crippen LogP) is 1.92. The number of amides is 1. The van der Waals surface area contributed by atoms with Crippen LogP contribution in [0.3, 0.4) is 0 Å². The van der Waals surface area contributed by atoms with Crippen LogP contribution in [-0.4, -0.2) is 55.6 Å². The number of carbonyl (C=O) groups excluding carboxylic acids is 1. The minimum atomic E-state index is 0.0771. The molecule has 1 aliphatic rings.